The van der Waals surface area contributed by atoms with E-state index in [-0.39, 0.29) is 5.75 Å². The van der Waals surface area contributed by atoms with Crippen molar-refractivity contribution in [2.75, 3.05) is 31.1 Å². The average molecular weight is 311 g/mol. The van der Waals surface area contributed by atoms with E-state index >= 15 is 0 Å². The zero-order chi connectivity index (χ0) is 14.9. The molecule has 112 valence electrons. The van der Waals surface area contributed by atoms with E-state index < -0.39 is 0 Å². The maximum absolute atomic E-state index is 9.47. The molecule has 1 aliphatic heterocycles. The molecule has 22 heavy (non-hydrogen) atoms. The Kier molecular flexibility index (Phi) is 3.44. The van der Waals surface area contributed by atoms with Gasteiger partial charge in [0.1, 0.15) is 11.6 Å². The van der Waals surface area contributed by atoms with Crippen molar-refractivity contribution in [2.45, 2.75) is 0 Å². The number of aromatic nitrogens is 1. The minimum absolute atomic E-state index is 0.280. The Bertz CT molecular complexity index is 791. The molecule has 1 aromatic carbocycles. The molecule has 1 aliphatic rings. The summed E-state index contributed by atoms with van der Waals surface area (Å²) in [6, 6.07) is 11.5. The number of nitrogens with one attached hydrogen (secondary N) is 1. The van der Waals surface area contributed by atoms with Crippen molar-refractivity contribution in [3.05, 3.63) is 41.8 Å². The number of phenolic OH excluding ortho intramolecular Hbond substituents is 1. The first-order valence-corrected chi connectivity index (χ1v) is 8.32. The van der Waals surface area contributed by atoms with Gasteiger partial charge in [-0.25, -0.2) is 4.98 Å². The summed E-state index contributed by atoms with van der Waals surface area (Å²) < 4.78 is 1.25. The molecule has 5 heteroatoms. The summed E-state index contributed by atoms with van der Waals surface area (Å²) >= 11 is 1.75. The fraction of sp³-hybridized carbons (Fsp3) is 0.235. The zero-order valence-corrected chi connectivity index (χ0v) is 12.9. The molecule has 1 saturated heterocycles. The zero-order valence-electron chi connectivity index (χ0n) is 12.1. The molecule has 0 saturated carbocycles. The maximum Gasteiger partial charge on any atom is 0.147 e. The summed E-state index contributed by atoms with van der Waals surface area (Å²) in [4.78, 5) is 7.28. The van der Waals surface area contributed by atoms with Gasteiger partial charge in [0.2, 0.25) is 0 Å². The first kappa shape index (κ1) is 13.5. The van der Waals surface area contributed by atoms with Gasteiger partial charge in [0.15, 0.2) is 0 Å². The summed E-state index contributed by atoms with van der Waals surface area (Å²) in [6.07, 6.45) is 0. The fourth-order valence-corrected chi connectivity index (χ4v) is 3.72. The second-order valence-corrected chi connectivity index (χ2v) is 6.37. The Hall–Kier alpha value is -2.11. The van der Waals surface area contributed by atoms with E-state index in [1.54, 1.807) is 23.5 Å². The van der Waals surface area contributed by atoms with Crippen LogP contribution in [0.15, 0.2) is 41.8 Å². The van der Waals surface area contributed by atoms with Crippen LogP contribution in [-0.4, -0.2) is 36.3 Å². The lowest BCUT2D eigenvalue weighted by Crippen LogP contribution is -2.43. The number of aromatic hydroxyl groups is 1. The van der Waals surface area contributed by atoms with Gasteiger partial charge in [-0.15, -0.1) is 11.3 Å². The summed E-state index contributed by atoms with van der Waals surface area (Å²) in [7, 11) is 0. The van der Waals surface area contributed by atoms with Crippen molar-refractivity contribution in [3.63, 3.8) is 0 Å². The minimum atomic E-state index is 0.280. The van der Waals surface area contributed by atoms with Gasteiger partial charge in [-0.1, -0.05) is 0 Å². The molecule has 0 bridgehead atoms. The third-order valence-corrected chi connectivity index (χ3v) is 4.92. The number of nitrogens with zero attached hydrogens (tertiary/aromatic N) is 2. The molecule has 4 nitrogen and oxygen atoms in total. The van der Waals surface area contributed by atoms with Crippen molar-refractivity contribution in [3.8, 4) is 17.0 Å². The summed E-state index contributed by atoms with van der Waals surface area (Å²) in [5.41, 5.74) is 1.99. The minimum Gasteiger partial charge on any atom is -0.508 e. The predicted molar refractivity (Wildman–Crippen MR) is 91.8 cm³/mol. The molecule has 2 N–H and O–H groups in total. The smallest absolute Gasteiger partial charge is 0.147 e. The molecule has 0 aliphatic carbocycles. The molecule has 4 rings (SSSR count). The molecular formula is C17H17N3OS. The largest absolute Gasteiger partial charge is 0.508 e. The lowest BCUT2D eigenvalue weighted by molar-refractivity contribution is 0.475. The van der Waals surface area contributed by atoms with Crippen molar-refractivity contribution in [1.29, 1.82) is 0 Å². The number of hydrogen-bond acceptors (Lipinski definition) is 5. The number of thiophene rings is 1. The first-order chi connectivity index (χ1) is 10.8. The van der Waals surface area contributed by atoms with Crippen molar-refractivity contribution >= 4 is 27.2 Å². The van der Waals surface area contributed by atoms with Crippen LogP contribution in [-0.2, 0) is 0 Å². The molecule has 2 aromatic heterocycles. The highest BCUT2D eigenvalue weighted by Crippen LogP contribution is 2.34. The number of piperazine rings is 1. The van der Waals surface area contributed by atoms with Gasteiger partial charge in [-0.3, -0.25) is 0 Å². The highest BCUT2D eigenvalue weighted by atomic mass is 32.1. The Morgan fingerprint density at radius 2 is 1.86 bits per heavy atom. The lowest BCUT2D eigenvalue weighted by atomic mass is 10.1. The molecule has 0 atom stereocenters. The van der Waals surface area contributed by atoms with Crippen LogP contribution in [0.25, 0.3) is 21.3 Å². The molecule has 0 radical (unpaired) electrons. The molecule has 1 fully saturated rings. The molecule has 3 aromatic rings. The second-order valence-electron chi connectivity index (χ2n) is 5.45. The Balaban J connectivity index is 1.84. The number of benzene rings is 1. The van der Waals surface area contributed by atoms with Crippen molar-refractivity contribution < 1.29 is 5.11 Å². The summed E-state index contributed by atoms with van der Waals surface area (Å²) in [5, 5.41) is 16.2. The predicted octanol–water partition coefficient (Wildman–Crippen LogP) is 3.08. The third kappa shape index (κ3) is 2.42. The first-order valence-electron chi connectivity index (χ1n) is 7.44. The number of phenols is 1. The van der Waals surface area contributed by atoms with Crippen LogP contribution in [0.4, 0.5) is 5.82 Å². The van der Waals surface area contributed by atoms with Gasteiger partial charge in [0.05, 0.1) is 10.4 Å². The SMILES string of the molecule is Oc1ccc(-c2cc3ccsc3c(N3CCNCC3)n2)cc1. The Labute approximate surface area is 133 Å². The topological polar surface area (TPSA) is 48.4 Å². The van der Waals surface area contributed by atoms with Gasteiger partial charge in [-0.2, -0.15) is 0 Å². The Morgan fingerprint density at radius 3 is 2.64 bits per heavy atom. The van der Waals surface area contributed by atoms with Crippen LogP contribution < -0.4 is 10.2 Å². The standard InChI is InChI=1S/C17H17N3OS/c21-14-3-1-12(2-4-14)15-11-13-5-10-22-16(13)17(19-15)20-8-6-18-7-9-20/h1-5,10-11,18,21H,6-9H2. The van der Waals surface area contributed by atoms with E-state index in [0.29, 0.717) is 0 Å². The number of anilines is 1. The normalized spacial score (nSPS) is 15.4. The molecule has 0 spiro atoms. The highest BCUT2D eigenvalue weighted by molar-refractivity contribution is 7.17. The summed E-state index contributed by atoms with van der Waals surface area (Å²) in [6.45, 7) is 3.97. The number of hydrogen-bond donors (Lipinski definition) is 2. The number of rotatable bonds is 2. The van der Waals surface area contributed by atoms with E-state index in [2.05, 4.69) is 27.7 Å². The van der Waals surface area contributed by atoms with E-state index in [1.165, 1.54) is 10.1 Å². The molecular weight excluding hydrogens is 294 g/mol. The quantitative estimate of drug-likeness (QED) is 0.763. The monoisotopic (exact) mass is 311 g/mol. The van der Waals surface area contributed by atoms with Gasteiger partial charge in [-0.05, 0) is 47.2 Å². The Morgan fingerprint density at radius 1 is 1.09 bits per heavy atom. The third-order valence-electron chi connectivity index (χ3n) is 4.00. The van der Waals surface area contributed by atoms with E-state index in [4.69, 9.17) is 4.98 Å². The average Bonchev–Trinajstić information content (AvgIpc) is 3.04. The van der Waals surface area contributed by atoms with E-state index in [0.717, 1.165) is 43.3 Å². The van der Waals surface area contributed by atoms with Crippen LogP contribution >= 0.6 is 11.3 Å². The molecule has 3 heterocycles. The van der Waals surface area contributed by atoms with Crippen LogP contribution in [0.2, 0.25) is 0 Å². The van der Waals surface area contributed by atoms with Crippen molar-refractivity contribution in [1.82, 2.24) is 10.3 Å². The molecule has 0 amide bonds. The van der Waals surface area contributed by atoms with E-state index in [9.17, 15) is 5.11 Å². The van der Waals surface area contributed by atoms with Gasteiger partial charge >= 0.3 is 0 Å². The number of fused-ring (bicyclic) bond motifs is 1. The second kappa shape index (κ2) is 5.59. The highest BCUT2D eigenvalue weighted by Gasteiger charge is 2.17. The van der Waals surface area contributed by atoms with Crippen LogP contribution in [0.1, 0.15) is 0 Å². The summed E-state index contributed by atoms with van der Waals surface area (Å²) in [5.74, 6) is 1.36. The van der Waals surface area contributed by atoms with Gasteiger partial charge in [0.25, 0.3) is 0 Å². The lowest BCUT2D eigenvalue weighted by Gasteiger charge is -2.29. The fourth-order valence-electron chi connectivity index (χ4n) is 2.83. The number of pyridine rings is 1. The van der Waals surface area contributed by atoms with Crippen LogP contribution in [0.3, 0.4) is 0 Å². The van der Waals surface area contributed by atoms with Crippen molar-refractivity contribution in [2.24, 2.45) is 0 Å². The van der Waals surface area contributed by atoms with Gasteiger partial charge in [0, 0.05) is 31.7 Å². The van der Waals surface area contributed by atoms with Gasteiger partial charge < -0.3 is 15.3 Å². The maximum atomic E-state index is 9.47. The van der Waals surface area contributed by atoms with Crippen LogP contribution in [0.5, 0.6) is 5.75 Å². The van der Waals surface area contributed by atoms with E-state index in [1.807, 2.05) is 12.1 Å². The van der Waals surface area contributed by atoms with Crippen LogP contribution in [0, 0.1) is 0 Å². The molecule has 0 unspecified atom stereocenters.